The smallest absolute Gasteiger partial charge is 0.280 e. The average molecular weight is 219 g/mol. The molecule has 0 aliphatic carbocycles. The van der Waals surface area contributed by atoms with Crippen LogP contribution < -0.4 is 5.84 Å². The van der Waals surface area contributed by atoms with Crippen molar-refractivity contribution >= 4 is 5.91 Å². The topological polar surface area (TPSA) is 59.2 Å². The van der Waals surface area contributed by atoms with Crippen molar-refractivity contribution in [1.82, 2.24) is 9.99 Å². The van der Waals surface area contributed by atoms with Crippen LogP contribution in [0.25, 0.3) is 0 Å². The number of halogens is 3. The first-order valence-electron chi connectivity index (χ1n) is 3.88. The predicted octanol–water partition coefficient (Wildman–Crippen LogP) is 1.05. The van der Waals surface area contributed by atoms with Gasteiger partial charge < -0.3 is 0 Å². The minimum absolute atomic E-state index is 0.00741. The monoisotopic (exact) mass is 219 g/mol. The number of hydrogen-bond donors (Lipinski definition) is 1. The predicted molar refractivity (Wildman–Crippen MR) is 45.5 cm³/mol. The fraction of sp³-hybridized carbons (Fsp3) is 0.250. The van der Waals surface area contributed by atoms with Crippen LogP contribution in [0.1, 0.15) is 16.1 Å². The molecule has 7 heteroatoms. The van der Waals surface area contributed by atoms with Gasteiger partial charge in [0.2, 0.25) is 0 Å². The standard InChI is InChI=1S/C8H8F3N3O/c1-14(12)7(15)5-2-3-6(13-4-5)8(9,10)11/h2-4H,12H2,1H3. The van der Waals surface area contributed by atoms with Gasteiger partial charge in [0, 0.05) is 13.2 Å². The zero-order chi connectivity index (χ0) is 11.6. The summed E-state index contributed by atoms with van der Waals surface area (Å²) in [5, 5.41) is 0.768. The number of nitrogens with zero attached hydrogens (tertiary/aromatic N) is 2. The largest absolute Gasteiger partial charge is 0.433 e. The summed E-state index contributed by atoms with van der Waals surface area (Å²) in [6, 6.07) is 1.76. The Hall–Kier alpha value is -1.63. The maximum Gasteiger partial charge on any atom is 0.433 e. The fourth-order valence-corrected chi connectivity index (χ4v) is 0.892. The van der Waals surface area contributed by atoms with Crippen molar-refractivity contribution in [3.63, 3.8) is 0 Å². The van der Waals surface area contributed by atoms with Crippen LogP contribution in [-0.4, -0.2) is 22.9 Å². The number of pyridine rings is 1. The van der Waals surface area contributed by atoms with Crippen molar-refractivity contribution in [2.45, 2.75) is 6.18 Å². The highest BCUT2D eigenvalue weighted by Gasteiger charge is 2.32. The molecule has 1 rings (SSSR count). The quantitative estimate of drug-likeness (QED) is 0.436. The molecule has 1 amide bonds. The number of hydrogen-bond acceptors (Lipinski definition) is 3. The third-order valence-corrected chi connectivity index (χ3v) is 1.62. The molecule has 4 nitrogen and oxygen atoms in total. The van der Waals surface area contributed by atoms with E-state index in [9.17, 15) is 18.0 Å². The second-order valence-electron chi connectivity index (χ2n) is 2.85. The summed E-state index contributed by atoms with van der Waals surface area (Å²) in [6.45, 7) is 0. The van der Waals surface area contributed by atoms with Crippen molar-refractivity contribution in [3.05, 3.63) is 29.6 Å². The van der Waals surface area contributed by atoms with Crippen molar-refractivity contribution < 1.29 is 18.0 Å². The third-order valence-electron chi connectivity index (χ3n) is 1.62. The van der Waals surface area contributed by atoms with Gasteiger partial charge in [0.1, 0.15) is 5.69 Å². The molecule has 0 saturated heterocycles. The Bertz CT molecular complexity index is 358. The molecule has 0 aliphatic heterocycles. The molecule has 0 aromatic carbocycles. The summed E-state index contributed by atoms with van der Waals surface area (Å²) in [4.78, 5) is 14.3. The second-order valence-corrected chi connectivity index (χ2v) is 2.85. The van der Waals surface area contributed by atoms with Crippen LogP contribution in [0.3, 0.4) is 0 Å². The first-order chi connectivity index (χ1) is 6.82. The lowest BCUT2D eigenvalue weighted by Gasteiger charge is -2.10. The molecule has 82 valence electrons. The number of nitrogens with two attached hydrogens (primary N) is 1. The molecule has 1 aromatic heterocycles. The second kappa shape index (κ2) is 3.85. The summed E-state index contributed by atoms with van der Waals surface area (Å²) in [5.74, 6) is 4.52. The van der Waals surface area contributed by atoms with Crippen LogP contribution in [0.2, 0.25) is 0 Å². The van der Waals surface area contributed by atoms with E-state index in [1.165, 1.54) is 7.05 Å². The van der Waals surface area contributed by atoms with Crippen molar-refractivity contribution in [2.75, 3.05) is 7.05 Å². The van der Waals surface area contributed by atoms with E-state index in [1.54, 1.807) is 0 Å². The molecule has 0 atom stereocenters. The molecule has 0 unspecified atom stereocenters. The molecular weight excluding hydrogens is 211 g/mol. The zero-order valence-corrected chi connectivity index (χ0v) is 7.75. The van der Waals surface area contributed by atoms with Gasteiger partial charge in [-0.1, -0.05) is 0 Å². The van der Waals surface area contributed by atoms with Crippen molar-refractivity contribution in [2.24, 2.45) is 5.84 Å². The van der Waals surface area contributed by atoms with E-state index < -0.39 is 17.8 Å². The maximum atomic E-state index is 12.1. The molecule has 0 fully saturated rings. The highest BCUT2D eigenvalue weighted by molar-refractivity contribution is 5.93. The molecule has 0 saturated carbocycles. The fourth-order valence-electron chi connectivity index (χ4n) is 0.892. The van der Waals surface area contributed by atoms with Crippen LogP contribution in [0, 0.1) is 0 Å². The van der Waals surface area contributed by atoms with Gasteiger partial charge in [0.05, 0.1) is 5.56 Å². The van der Waals surface area contributed by atoms with Crippen LogP contribution in [0.5, 0.6) is 0 Å². The number of hydrazine groups is 1. The molecule has 2 N–H and O–H groups in total. The van der Waals surface area contributed by atoms with E-state index in [0.29, 0.717) is 0 Å². The Balaban J connectivity index is 2.96. The van der Waals surface area contributed by atoms with E-state index >= 15 is 0 Å². The molecule has 0 aliphatic rings. The highest BCUT2D eigenvalue weighted by atomic mass is 19.4. The van der Waals surface area contributed by atoms with E-state index in [2.05, 4.69) is 4.98 Å². The van der Waals surface area contributed by atoms with Crippen molar-refractivity contribution in [3.8, 4) is 0 Å². The number of carbonyl (C=O) groups excluding carboxylic acids is 1. The summed E-state index contributed by atoms with van der Waals surface area (Å²) < 4.78 is 36.3. The molecule has 0 bridgehead atoms. The van der Waals surface area contributed by atoms with Crippen LogP contribution >= 0.6 is 0 Å². The SMILES string of the molecule is CN(N)C(=O)c1ccc(C(F)(F)F)nc1. The van der Waals surface area contributed by atoms with Gasteiger partial charge in [-0.2, -0.15) is 13.2 Å². The minimum Gasteiger partial charge on any atom is -0.280 e. The number of amides is 1. The molecule has 0 spiro atoms. The van der Waals surface area contributed by atoms with Crippen LogP contribution in [-0.2, 0) is 6.18 Å². The Morgan fingerprint density at radius 2 is 2.07 bits per heavy atom. The number of alkyl halides is 3. The molecular formula is C8H8F3N3O. The lowest BCUT2D eigenvalue weighted by molar-refractivity contribution is -0.141. The van der Waals surface area contributed by atoms with Gasteiger partial charge in [0.25, 0.3) is 5.91 Å². The summed E-state index contributed by atoms with van der Waals surface area (Å²) in [6.07, 6.45) is -3.66. The first kappa shape index (κ1) is 11.4. The summed E-state index contributed by atoms with van der Waals surface area (Å²) in [5.41, 5.74) is -1.04. The van der Waals surface area contributed by atoms with E-state index in [0.717, 1.165) is 23.3 Å². The molecule has 0 radical (unpaired) electrons. The van der Waals surface area contributed by atoms with Gasteiger partial charge in [0.15, 0.2) is 0 Å². The minimum atomic E-state index is -4.50. The van der Waals surface area contributed by atoms with Crippen LogP contribution in [0.15, 0.2) is 18.3 Å². The summed E-state index contributed by atoms with van der Waals surface area (Å²) >= 11 is 0. The highest BCUT2D eigenvalue weighted by Crippen LogP contribution is 2.27. The zero-order valence-electron chi connectivity index (χ0n) is 7.75. The summed E-state index contributed by atoms with van der Waals surface area (Å²) in [7, 11) is 1.29. The number of aromatic nitrogens is 1. The number of rotatable bonds is 1. The van der Waals surface area contributed by atoms with Crippen molar-refractivity contribution in [1.29, 1.82) is 0 Å². The Kier molecular flexibility index (Phi) is 2.94. The number of carbonyl (C=O) groups is 1. The van der Waals surface area contributed by atoms with E-state index in [-0.39, 0.29) is 5.56 Å². The van der Waals surface area contributed by atoms with Gasteiger partial charge in [-0.05, 0) is 12.1 Å². The molecule has 15 heavy (non-hydrogen) atoms. The molecule has 1 heterocycles. The van der Waals surface area contributed by atoms with E-state index in [4.69, 9.17) is 5.84 Å². The van der Waals surface area contributed by atoms with E-state index in [1.807, 2.05) is 0 Å². The first-order valence-corrected chi connectivity index (χ1v) is 3.88. The average Bonchev–Trinajstić information content (AvgIpc) is 2.15. The van der Waals surface area contributed by atoms with Gasteiger partial charge >= 0.3 is 6.18 Å². The normalized spacial score (nSPS) is 11.3. The Morgan fingerprint density at radius 1 is 1.47 bits per heavy atom. The van der Waals surface area contributed by atoms with Crippen LogP contribution in [0.4, 0.5) is 13.2 Å². The lowest BCUT2D eigenvalue weighted by atomic mass is 10.2. The molecule has 1 aromatic rings. The Morgan fingerprint density at radius 3 is 2.40 bits per heavy atom. The van der Waals surface area contributed by atoms with Gasteiger partial charge in [-0.3, -0.25) is 14.8 Å². The third kappa shape index (κ3) is 2.66. The maximum absolute atomic E-state index is 12.1. The Labute approximate surface area is 83.5 Å². The lowest BCUT2D eigenvalue weighted by Crippen LogP contribution is -2.33. The van der Waals surface area contributed by atoms with Gasteiger partial charge in [-0.25, -0.2) is 5.84 Å². The van der Waals surface area contributed by atoms with Gasteiger partial charge in [-0.15, -0.1) is 0 Å².